The Morgan fingerprint density at radius 3 is 2.50 bits per heavy atom. The maximum atomic E-state index is 11.5. The van der Waals surface area contributed by atoms with Crippen molar-refractivity contribution < 1.29 is 4.92 Å². The van der Waals surface area contributed by atoms with Crippen molar-refractivity contribution in [1.29, 1.82) is 0 Å². The summed E-state index contributed by atoms with van der Waals surface area (Å²) in [5.41, 5.74) is 1.25. The molecule has 6 heteroatoms. The zero-order valence-corrected chi connectivity index (χ0v) is 16.0. The Bertz CT molecular complexity index is 731. The monoisotopic (exact) mass is 371 g/mol. The van der Waals surface area contributed by atoms with Crippen LogP contribution in [0.2, 0.25) is 0 Å². The normalized spacial score (nSPS) is 15.9. The van der Waals surface area contributed by atoms with E-state index in [9.17, 15) is 10.1 Å². The molecular formula is C20H25N3O2S. The van der Waals surface area contributed by atoms with Gasteiger partial charge >= 0.3 is 0 Å². The van der Waals surface area contributed by atoms with Crippen molar-refractivity contribution >= 4 is 17.4 Å². The number of aryl methyl sites for hydroxylation is 1. The molecule has 0 unspecified atom stereocenters. The fourth-order valence-electron chi connectivity index (χ4n) is 3.14. The van der Waals surface area contributed by atoms with E-state index in [4.69, 9.17) is 0 Å². The highest BCUT2D eigenvalue weighted by atomic mass is 32.2. The highest BCUT2D eigenvalue weighted by Crippen LogP contribution is 2.35. The average molecular weight is 372 g/mol. The van der Waals surface area contributed by atoms with Gasteiger partial charge in [-0.2, -0.15) is 0 Å². The highest BCUT2D eigenvalue weighted by Gasteiger charge is 2.17. The molecule has 1 aliphatic heterocycles. The predicted molar refractivity (Wildman–Crippen MR) is 106 cm³/mol. The molecule has 1 aliphatic rings. The summed E-state index contributed by atoms with van der Waals surface area (Å²) in [5.74, 6) is 0. The molecule has 0 N–H and O–H groups in total. The Balaban J connectivity index is 1.60. The second kappa shape index (κ2) is 9.16. The molecule has 0 amide bonds. The lowest BCUT2D eigenvalue weighted by Gasteiger charge is -2.32. The van der Waals surface area contributed by atoms with Gasteiger partial charge in [0.25, 0.3) is 5.69 Å². The van der Waals surface area contributed by atoms with Crippen molar-refractivity contribution in [3.05, 3.63) is 64.2 Å². The summed E-state index contributed by atoms with van der Waals surface area (Å²) in [6, 6.07) is 15.4. The summed E-state index contributed by atoms with van der Waals surface area (Å²) in [5, 5.41) is 11.5. The van der Waals surface area contributed by atoms with Crippen LogP contribution in [0.3, 0.4) is 0 Å². The van der Waals surface area contributed by atoms with E-state index in [-0.39, 0.29) is 10.6 Å². The number of nitro benzene ring substituents is 1. The third-order valence-corrected chi connectivity index (χ3v) is 5.80. The average Bonchev–Trinajstić information content (AvgIpc) is 2.65. The molecule has 0 bridgehead atoms. The molecule has 0 aliphatic carbocycles. The van der Waals surface area contributed by atoms with Gasteiger partial charge in [0.2, 0.25) is 0 Å². The molecule has 0 radical (unpaired) electrons. The SMILES string of the molecule is CN1CCN(CCCc2ccc(Sc3ccccc3)c([N+](=O)[O-])c2)CC1. The molecule has 138 valence electrons. The minimum Gasteiger partial charge on any atom is -0.304 e. The highest BCUT2D eigenvalue weighted by molar-refractivity contribution is 7.99. The van der Waals surface area contributed by atoms with Crippen LogP contribution in [0.1, 0.15) is 12.0 Å². The van der Waals surface area contributed by atoms with Crippen molar-refractivity contribution in [2.24, 2.45) is 0 Å². The van der Waals surface area contributed by atoms with E-state index >= 15 is 0 Å². The Morgan fingerprint density at radius 2 is 1.81 bits per heavy atom. The fraction of sp³-hybridized carbons (Fsp3) is 0.400. The van der Waals surface area contributed by atoms with E-state index in [1.165, 1.54) is 11.8 Å². The number of hydrogen-bond donors (Lipinski definition) is 0. The van der Waals surface area contributed by atoms with Gasteiger partial charge in [0.05, 0.1) is 9.82 Å². The lowest BCUT2D eigenvalue weighted by Crippen LogP contribution is -2.44. The van der Waals surface area contributed by atoms with Gasteiger partial charge in [0.15, 0.2) is 0 Å². The largest absolute Gasteiger partial charge is 0.304 e. The summed E-state index contributed by atoms with van der Waals surface area (Å²) in [7, 11) is 2.16. The van der Waals surface area contributed by atoms with Crippen LogP contribution in [0.15, 0.2) is 58.3 Å². The van der Waals surface area contributed by atoms with Crippen LogP contribution in [-0.2, 0) is 6.42 Å². The Kier molecular flexibility index (Phi) is 6.66. The fourth-order valence-corrected chi connectivity index (χ4v) is 4.06. The quantitative estimate of drug-likeness (QED) is 0.545. The Hall–Kier alpha value is -1.89. The van der Waals surface area contributed by atoms with Gasteiger partial charge in [0, 0.05) is 37.1 Å². The second-order valence-corrected chi connectivity index (χ2v) is 7.84. The molecular weight excluding hydrogens is 346 g/mol. The smallest absolute Gasteiger partial charge is 0.283 e. The molecule has 0 aromatic heterocycles. The van der Waals surface area contributed by atoms with Crippen LogP contribution >= 0.6 is 11.8 Å². The van der Waals surface area contributed by atoms with Crippen molar-refractivity contribution in [2.75, 3.05) is 39.8 Å². The molecule has 2 aromatic carbocycles. The van der Waals surface area contributed by atoms with Crippen LogP contribution in [0.5, 0.6) is 0 Å². The molecule has 3 rings (SSSR count). The Labute approximate surface area is 159 Å². The first-order chi connectivity index (χ1) is 12.6. The van der Waals surface area contributed by atoms with Gasteiger partial charge < -0.3 is 9.80 Å². The third-order valence-electron chi connectivity index (χ3n) is 4.73. The number of nitro groups is 1. The van der Waals surface area contributed by atoms with Crippen molar-refractivity contribution in [2.45, 2.75) is 22.6 Å². The van der Waals surface area contributed by atoms with Crippen LogP contribution in [0.25, 0.3) is 0 Å². The minimum absolute atomic E-state index is 0.205. The lowest BCUT2D eigenvalue weighted by atomic mass is 10.1. The van der Waals surface area contributed by atoms with Crippen LogP contribution < -0.4 is 0 Å². The molecule has 0 saturated carbocycles. The van der Waals surface area contributed by atoms with E-state index in [1.54, 1.807) is 6.07 Å². The first-order valence-electron chi connectivity index (χ1n) is 9.03. The maximum Gasteiger partial charge on any atom is 0.283 e. The number of likely N-dealkylation sites (N-methyl/N-ethyl adjacent to an activating group) is 1. The molecule has 5 nitrogen and oxygen atoms in total. The maximum absolute atomic E-state index is 11.5. The van der Waals surface area contributed by atoms with Gasteiger partial charge in [-0.25, -0.2) is 0 Å². The summed E-state index contributed by atoms with van der Waals surface area (Å²) in [6.07, 6.45) is 1.91. The first-order valence-corrected chi connectivity index (χ1v) is 9.84. The van der Waals surface area contributed by atoms with E-state index in [1.807, 2.05) is 42.5 Å². The third kappa shape index (κ3) is 5.30. The molecule has 26 heavy (non-hydrogen) atoms. The Morgan fingerprint density at radius 1 is 1.08 bits per heavy atom. The van der Waals surface area contributed by atoms with Gasteiger partial charge in [-0.3, -0.25) is 10.1 Å². The molecule has 0 atom stereocenters. The molecule has 1 heterocycles. The number of rotatable bonds is 7. The molecule has 1 saturated heterocycles. The lowest BCUT2D eigenvalue weighted by molar-refractivity contribution is -0.387. The summed E-state index contributed by atoms with van der Waals surface area (Å²) in [6.45, 7) is 5.53. The first kappa shape index (κ1) is 18.9. The van der Waals surface area contributed by atoms with E-state index in [0.29, 0.717) is 4.90 Å². The van der Waals surface area contributed by atoms with E-state index in [0.717, 1.165) is 56.0 Å². The number of benzene rings is 2. The van der Waals surface area contributed by atoms with Crippen LogP contribution in [0.4, 0.5) is 5.69 Å². The molecule has 2 aromatic rings. The standard InChI is InChI=1S/C20H25N3O2S/c1-21-12-14-22(15-13-21)11-5-6-17-9-10-20(19(16-17)23(24)25)26-18-7-3-2-4-8-18/h2-4,7-10,16H,5-6,11-15H2,1H3. The zero-order valence-electron chi connectivity index (χ0n) is 15.1. The van der Waals surface area contributed by atoms with Gasteiger partial charge in [0.1, 0.15) is 0 Å². The van der Waals surface area contributed by atoms with E-state index in [2.05, 4.69) is 16.8 Å². The molecule has 1 fully saturated rings. The topological polar surface area (TPSA) is 49.6 Å². The number of piperazine rings is 1. The summed E-state index contributed by atoms with van der Waals surface area (Å²) in [4.78, 5) is 17.8. The van der Waals surface area contributed by atoms with Crippen LogP contribution in [0, 0.1) is 10.1 Å². The van der Waals surface area contributed by atoms with Crippen molar-refractivity contribution in [3.63, 3.8) is 0 Å². The molecule has 0 spiro atoms. The van der Waals surface area contributed by atoms with Crippen molar-refractivity contribution in [3.8, 4) is 0 Å². The second-order valence-electron chi connectivity index (χ2n) is 6.72. The minimum atomic E-state index is -0.269. The van der Waals surface area contributed by atoms with Crippen molar-refractivity contribution in [1.82, 2.24) is 9.80 Å². The number of hydrogen-bond acceptors (Lipinski definition) is 5. The van der Waals surface area contributed by atoms with Gasteiger partial charge in [-0.15, -0.1) is 0 Å². The summed E-state index contributed by atoms with van der Waals surface area (Å²) >= 11 is 1.44. The zero-order chi connectivity index (χ0) is 18.4. The van der Waals surface area contributed by atoms with Gasteiger partial charge in [-0.05, 0) is 50.2 Å². The predicted octanol–water partition coefficient (Wildman–Crippen LogP) is 3.93. The summed E-state index contributed by atoms with van der Waals surface area (Å²) < 4.78 is 0. The van der Waals surface area contributed by atoms with E-state index < -0.39 is 0 Å². The van der Waals surface area contributed by atoms with Gasteiger partial charge in [-0.1, -0.05) is 36.0 Å². The van der Waals surface area contributed by atoms with Crippen LogP contribution in [-0.4, -0.2) is 54.5 Å². The number of nitrogens with zero attached hydrogens (tertiary/aromatic N) is 3.